The van der Waals surface area contributed by atoms with Crippen LogP contribution in [0, 0.1) is 0 Å². The Morgan fingerprint density at radius 2 is 2.11 bits per heavy atom. The number of carbonyl (C=O) groups excluding carboxylic acids is 1. The number of nitrogens with zero attached hydrogens (tertiary/aromatic N) is 3. The number of ether oxygens (including phenoxy) is 2. The fraction of sp³-hybridized carbons (Fsp3) is 0.250. The van der Waals surface area contributed by atoms with Crippen LogP contribution in [0.5, 0.6) is 11.5 Å². The van der Waals surface area contributed by atoms with E-state index in [1.54, 1.807) is 32.4 Å². The van der Waals surface area contributed by atoms with Crippen LogP contribution in [0.4, 0.5) is 5.69 Å². The van der Waals surface area contributed by atoms with Gasteiger partial charge in [0.15, 0.2) is 5.69 Å². The quantitative estimate of drug-likeness (QED) is 0.892. The van der Waals surface area contributed by atoms with Gasteiger partial charge in [0, 0.05) is 13.1 Å². The molecule has 0 bridgehead atoms. The molecule has 1 heterocycles. The first-order valence-corrected chi connectivity index (χ1v) is 5.53. The maximum Gasteiger partial charge on any atom is 0.277 e. The maximum atomic E-state index is 11.9. The fourth-order valence-corrected chi connectivity index (χ4v) is 1.54. The molecule has 100 valence electrons. The Labute approximate surface area is 110 Å². The highest BCUT2D eigenvalue weighted by molar-refractivity contribution is 6.03. The Hall–Kier alpha value is -2.57. The highest BCUT2D eigenvalue weighted by atomic mass is 16.5. The number of hydrogen-bond donors (Lipinski definition) is 1. The Morgan fingerprint density at radius 1 is 1.32 bits per heavy atom. The highest BCUT2D eigenvalue weighted by Gasteiger charge is 2.13. The smallest absolute Gasteiger partial charge is 0.277 e. The van der Waals surface area contributed by atoms with Crippen molar-refractivity contribution >= 4 is 11.6 Å². The first-order chi connectivity index (χ1) is 9.13. The van der Waals surface area contributed by atoms with Crippen LogP contribution in [0.3, 0.4) is 0 Å². The average molecular weight is 262 g/mol. The van der Waals surface area contributed by atoms with Gasteiger partial charge in [-0.1, -0.05) is 5.21 Å². The van der Waals surface area contributed by atoms with Crippen molar-refractivity contribution in [3.63, 3.8) is 0 Å². The van der Waals surface area contributed by atoms with Gasteiger partial charge in [-0.25, -0.2) is 0 Å². The van der Waals surface area contributed by atoms with Gasteiger partial charge >= 0.3 is 0 Å². The number of methoxy groups -OCH3 is 2. The van der Waals surface area contributed by atoms with Crippen LogP contribution in [-0.4, -0.2) is 35.1 Å². The summed E-state index contributed by atoms with van der Waals surface area (Å²) in [5, 5.41) is 10.1. The number of benzene rings is 1. The molecule has 0 fully saturated rings. The van der Waals surface area contributed by atoms with Crippen LogP contribution in [0.2, 0.25) is 0 Å². The standard InChI is InChI=1S/C12H14N4O3/c1-16-7-10(14-15-16)12(17)13-9-5-4-8(18-2)6-11(9)19-3/h4-7H,1-3H3,(H,13,17). The molecule has 1 aromatic heterocycles. The lowest BCUT2D eigenvalue weighted by Gasteiger charge is -2.10. The predicted octanol–water partition coefficient (Wildman–Crippen LogP) is 1.08. The number of carbonyl (C=O) groups is 1. The first kappa shape index (κ1) is 12.9. The molecule has 0 radical (unpaired) electrons. The fourth-order valence-electron chi connectivity index (χ4n) is 1.54. The van der Waals surface area contributed by atoms with Crippen molar-refractivity contribution in [3.8, 4) is 11.5 Å². The Morgan fingerprint density at radius 3 is 2.68 bits per heavy atom. The van der Waals surface area contributed by atoms with Crippen molar-refractivity contribution in [3.05, 3.63) is 30.1 Å². The summed E-state index contributed by atoms with van der Waals surface area (Å²) in [5.41, 5.74) is 0.777. The van der Waals surface area contributed by atoms with Gasteiger partial charge < -0.3 is 14.8 Å². The minimum absolute atomic E-state index is 0.236. The van der Waals surface area contributed by atoms with Crippen LogP contribution in [-0.2, 0) is 7.05 Å². The molecule has 1 N–H and O–H groups in total. The van der Waals surface area contributed by atoms with E-state index in [9.17, 15) is 4.79 Å². The molecule has 7 nitrogen and oxygen atoms in total. The molecule has 1 aromatic carbocycles. The third kappa shape index (κ3) is 2.82. The summed E-state index contributed by atoms with van der Waals surface area (Å²) in [6.07, 6.45) is 1.53. The van der Waals surface area contributed by atoms with Crippen LogP contribution >= 0.6 is 0 Å². The third-order valence-corrected chi connectivity index (χ3v) is 2.49. The molecule has 0 unspecified atom stereocenters. The van der Waals surface area contributed by atoms with Crippen LogP contribution in [0.25, 0.3) is 0 Å². The van der Waals surface area contributed by atoms with E-state index in [0.29, 0.717) is 17.2 Å². The third-order valence-electron chi connectivity index (χ3n) is 2.49. The molecule has 0 aliphatic carbocycles. The summed E-state index contributed by atoms with van der Waals surface area (Å²) in [6.45, 7) is 0. The van der Waals surface area contributed by atoms with Crippen molar-refractivity contribution in [1.82, 2.24) is 15.0 Å². The minimum Gasteiger partial charge on any atom is -0.497 e. The second-order valence-corrected chi connectivity index (χ2v) is 3.80. The summed E-state index contributed by atoms with van der Waals surface area (Å²) in [6, 6.07) is 5.12. The van der Waals surface area contributed by atoms with Crippen LogP contribution in [0.1, 0.15) is 10.5 Å². The van der Waals surface area contributed by atoms with Gasteiger partial charge in [-0.3, -0.25) is 9.48 Å². The van der Waals surface area contributed by atoms with Gasteiger partial charge in [0.25, 0.3) is 5.91 Å². The van der Waals surface area contributed by atoms with Crippen molar-refractivity contribution < 1.29 is 14.3 Å². The Balaban J connectivity index is 2.21. The van der Waals surface area contributed by atoms with Gasteiger partial charge in [0.05, 0.1) is 26.1 Å². The number of anilines is 1. The summed E-state index contributed by atoms with van der Waals surface area (Å²) in [4.78, 5) is 11.9. The normalized spacial score (nSPS) is 10.1. The van der Waals surface area contributed by atoms with Gasteiger partial charge in [-0.05, 0) is 12.1 Å². The van der Waals surface area contributed by atoms with E-state index in [2.05, 4.69) is 15.6 Å². The SMILES string of the molecule is COc1ccc(NC(=O)c2cn(C)nn2)c(OC)c1. The molecule has 0 atom stereocenters. The number of amides is 1. The lowest BCUT2D eigenvalue weighted by Crippen LogP contribution is -2.13. The lowest BCUT2D eigenvalue weighted by atomic mass is 10.2. The number of hydrogen-bond acceptors (Lipinski definition) is 5. The van der Waals surface area contributed by atoms with E-state index in [0.717, 1.165) is 0 Å². The van der Waals surface area contributed by atoms with Crippen molar-refractivity contribution in [1.29, 1.82) is 0 Å². The lowest BCUT2D eigenvalue weighted by molar-refractivity contribution is 0.102. The van der Waals surface area contributed by atoms with Crippen molar-refractivity contribution in [2.45, 2.75) is 0 Å². The average Bonchev–Trinajstić information content (AvgIpc) is 2.86. The zero-order valence-corrected chi connectivity index (χ0v) is 10.9. The molecule has 2 aromatic rings. The minimum atomic E-state index is -0.350. The number of aromatic nitrogens is 3. The van der Waals surface area contributed by atoms with Crippen molar-refractivity contribution in [2.24, 2.45) is 7.05 Å². The first-order valence-electron chi connectivity index (χ1n) is 5.53. The number of aryl methyl sites for hydroxylation is 1. The van der Waals surface area contributed by atoms with E-state index >= 15 is 0 Å². The summed E-state index contributed by atoms with van der Waals surface area (Å²) in [5.74, 6) is 0.808. The number of nitrogens with one attached hydrogen (secondary N) is 1. The van der Waals surface area contributed by atoms with E-state index < -0.39 is 0 Å². The van der Waals surface area contributed by atoms with Crippen molar-refractivity contribution in [2.75, 3.05) is 19.5 Å². The summed E-state index contributed by atoms with van der Waals surface area (Å²) in [7, 11) is 4.77. The van der Waals surface area contributed by atoms with E-state index in [-0.39, 0.29) is 11.6 Å². The molecule has 0 saturated carbocycles. The monoisotopic (exact) mass is 262 g/mol. The molecule has 0 aliphatic heterocycles. The largest absolute Gasteiger partial charge is 0.497 e. The molecule has 0 aliphatic rings. The van der Waals surface area contributed by atoms with Gasteiger partial charge in [-0.15, -0.1) is 5.10 Å². The second-order valence-electron chi connectivity index (χ2n) is 3.80. The molecule has 0 saturated heterocycles. The molecule has 0 spiro atoms. The van der Waals surface area contributed by atoms with Crippen LogP contribution in [0.15, 0.2) is 24.4 Å². The van der Waals surface area contributed by atoms with Gasteiger partial charge in [-0.2, -0.15) is 0 Å². The molecule has 1 amide bonds. The zero-order chi connectivity index (χ0) is 13.8. The topological polar surface area (TPSA) is 78.3 Å². The highest BCUT2D eigenvalue weighted by Crippen LogP contribution is 2.29. The molecule has 7 heteroatoms. The molecular formula is C12H14N4O3. The van der Waals surface area contributed by atoms with E-state index in [1.807, 2.05) is 0 Å². The van der Waals surface area contributed by atoms with Crippen LogP contribution < -0.4 is 14.8 Å². The Bertz CT molecular complexity index is 594. The summed E-state index contributed by atoms with van der Waals surface area (Å²) < 4.78 is 11.7. The Kier molecular flexibility index (Phi) is 3.65. The maximum absolute atomic E-state index is 11.9. The molecule has 2 rings (SSSR count). The van der Waals surface area contributed by atoms with Gasteiger partial charge in [0.1, 0.15) is 11.5 Å². The van der Waals surface area contributed by atoms with Gasteiger partial charge in [0.2, 0.25) is 0 Å². The zero-order valence-electron chi connectivity index (χ0n) is 10.9. The van der Waals surface area contributed by atoms with E-state index in [1.165, 1.54) is 18.0 Å². The number of rotatable bonds is 4. The predicted molar refractivity (Wildman–Crippen MR) is 68.5 cm³/mol. The molecular weight excluding hydrogens is 248 g/mol. The second kappa shape index (κ2) is 5.38. The van der Waals surface area contributed by atoms with E-state index in [4.69, 9.17) is 9.47 Å². The summed E-state index contributed by atoms with van der Waals surface area (Å²) >= 11 is 0. The molecule has 19 heavy (non-hydrogen) atoms.